The van der Waals surface area contributed by atoms with Crippen molar-refractivity contribution in [3.63, 3.8) is 0 Å². The number of benzene rings is 10. The van der Waals surface area contributed by atoms with E-state index < -0.39 is 0 Å². The third kappa shape index (κ3) is 5.77. The van der Waals surface area contributed by atoms with Gasteiger partial charge < -0.3 is 4.90 Å². The second kappa shape index (κ2) is 14.4. The van der Waals surface area contributed by atoms with Crippen molar-refractivity contribution >= 4 is 70.1 Å². The lowest BCUT2D eigenvalue weighted by Gasteiger charge is -2.31. The van der Waals surface area contributed by atoms with Gasteiger partial charge in [0.2, 0.25) is 0 Å². The lowest BCUT2D eigenvalue weighted by molar-refractivity contribution is 1.32. The van der Waals surface area contributed by atoms with Gasteiger partial charge in [0.1, 0.15) is 0 Å². The van der Waals surface area contributed by atoms with Gasteiger partial charge in [-0.2, -0.15) is 0 Å². The van der Waals surface area contributed by atoms with Gasteiger partial charge in [-0.1, -0.05) is 200 Å². The quantitative estimate of drug-likeness (QED) is 0.146. The van der Waals surface area contributed by atoms with Gasteiger partial charge in [-0.25, -0.2) is 0 Å². The predicted molar refractivity (Wildman–Crippen MR) is 251 cm³/mol. The van der Waals surface area contributed by atoms with Crippen molar-refractivity contribution in [2.75, 3.05) is 4.90 Å². The minimum atomic E-state index is 1.11. The molecule has 0 spiro atoms. The number of hydrogen-bond acceptors (Lipinski definition) is 2. The fourth-order valence-corrected chi connectivity index (χ4v) is 10.0. The van der Waals surface area contributed by atoms with Crippen LogP contribution in [0.5, 0.6) is 0 Å². The minimum absolute atomic E-state index is 1.11. The first-order valence-corrected chi connectivity index (χ1v) is 20.7. The standard InChI is InChI=1S/C56H37NS/c1-3-16-40(17-4-1)44-20-7-8-21-45(44)41-32-30-38(31-33-41)39-34-36-43(37-35-39)57(52-28-15-27-51-48-24-13-14-29-53(48)58-56(51)52)55-50-26-12-10-23-47(50)46-22-9-11-25-49(46)54(55)42-18-5-2-6-19-42/h1-37H. The Morgan fingerprint density at radius 1 is 0.293 bits per heavy atom. The summed E-state index contributed by atoms with van der Waals surface area (Å²) in [6, 6.07) is 81.9. The topological polar surface area (TPSA) is 3.24 Å². The first-order valence-electron chi connectivity index (χ1n) is 19.8. The average molecular weight is 756 g/mol. The van der Waals surface area contributed by atoms with E-state index in [2.05, 4.69) is 229 Å². The van der Waals surface area contributed by atoms with Crippen molar-refractivity contribution in [3.05, 3.63) is 224 Å². The van der Waals surface area contributed by atoms with Crippen molar-refractivity contribution in [1.82, 2.24) is 0 Å². The maximum absolute atomic E-state index is 2.53. The van der Waals surface area contributed by atoms with Crippen molar-refractivity contribution in [3.8, 4) is 44.5 Å². The van der Waals surface area contributed by atoms with Crippen molar-refractivity contribution in [2.24, 2.45) is 0 Å². The Labute approximate surface area is 342 Å². The summed E-state index contributed by atoms with van der Waals surface area (Å²) in [7, 11) is 0. The fourth-order valence-electron chi connectivity index (χ4n) is 8.80. The van der Waals surface area contributed by atoms with E-state index >= 15 is 0 Å². The van der Waals surface area contributed by atoms with Gasteiger partial charge in [0, 0.05) is 32.1 Å². The molecule has 0 bridgehead atoms. The highest BCUT2D eigenvalue weighted by Crippen LogP contribution is 2.52. The van der Waals surface area contributed by atoms with Crippen LogP contribution in [0.2, 0.25) is 0 Å². The Kier molecular flexibility index (Phi) is 8.42. The monoisotopic (exact) mass is 755 g/mol. The smallest absolute Gasteiger partial charge is 0.0640 e. The molecule has 0 fully saturated rings. The summed E-state index contributed by atoms with van der Waals surface area (Å²) < 4.78 is 2.57. The summed E-state index contributed by atoms with van der Waals surface area (Å²) in [5.74, 6) is 0. The van der Waals surface area contributed by atoms with Crippen LogP contribution >= 0.6 is 11.3 Å². The van der Waals surface area contributed by atoms with Gasteiger partial charge in [-0.15, -0.1) is 11.3 Å². The van der Waals surface area contributed by atoms with Gasteiger partial charge in [0.25, 0.3) is 0 Å². The molecule has 11 rings (SSSR count). The molecule has 0 aliphatic rings. The van der Waals surface area contributed by atoms with Gasteiger partial charge in [0.15, 0.2) is 0 Å². The van der Waals surface area contributed by atoms with Crippen molar-refractivity contribution in [2.45, 2.75) is 0 Å². The van der Waals surface area contributed by atoms with Crippen LogP contribution in [-0.4, -0.2) is 0 Å². The van der Waals surface area contributed by atoms with Crippen LogP contribution in [0.3, 0.4) is 0 Å². The molecule has 0 aliphatic carbocycles. The zero-order valence-corrected chi connectivity index (χ0v) is 32.5. The molecule has 272 valence electrons. The molecule has 0 N–H and O–H groups in total. The van der Waals surface area contributed by atoms with E-state index in [0.717, 1.165) is 5.69 Å². The molecule has 0 saturated carbocycles. The molecule has 0 radical (unpaired) electrons. The average Bonchev–Trinajstić information content (AvgIpc) is 3.69. The number of thiophene rings is 1. The van der Waals surface area contributed by atoms with E-state index in [-0.39, 0.29) is 0 Å². The van der Waals surface area contributed by atoms with E-state index in [1.165, 1.54) is 97.6 Å². The second-order valence-electron chi connectivity index (χ2n) is 14.8. The van der Waals surface area contributed by atoms with Crippen molar-refractivity contribution < 1.29 is 0 Å². The Hall–Kier alpha value is -7.26. The Morgan fingerprint density at radius 3 is 1.43 bits per heavy atom. The van der Waals surface area contributed by atoms with Gasteiger partial charge in [-0.3, -0.25) is 0 Å². The Bertz CT molecular complexity index is 3250. The zero-order chi connectivity index (χ0) is 38.4. The summed E-state index contributed by atoms with van der Waals surface area (Å²) >= 11 is 1.87. The second-order valence-corrected chi connectivity index (χ2v) is 15.9. The van der Waals surface area contributed by atoms with Crippen LogP contribution in [0.4, 0.5) is 17.1 Å². The lowest BCUT2D eigenvalue weighted by Crippen LogP contribution is -2.12. The van der Waals surface area contributed by atoms with Crippen LogP contribution in [0.25, 0.3) is 86.2 Å². The molecule has 2 heteroatoms. The lowest BCUT2D eigenvalue weighted by atomic mass is 9.90. The SMILES string of the molecule is c1ccc(-c2ccccc2-c2ccc(-c3ccc(N(c4c(-c5ccccc5)c5ccccc5c5ccccc45)c4cccc5c4sc4ccccc45)cc3)cc2)cc1. The van der Waals surface area contributed by atoms with Crippen LogP contribution < -0.4 is 4.90 Å². The molecular weight excluding hydrogens is 719 g/mol. The maximum atomic E-state index is 2.53. The van der Waals surface area contributed by atoms with Crippen LogP contribution in [0.15, 0.2) is 224 Å². The van der Waals surface area contributed by atoms with Gasteiger partial charge in [-0.05, 0) is 79.4 Å². The third-order valence-electron chi connectivity index (χ3n) is 11.5. The summed E-state index contributed by atoms with van der Waals surface area (Å²) in [6.45, 7) is 0. The molecule has 58 heavy (non-hydrogen) atoms. The van der Waals surface area contributed by atoms with E-state index in [0.29, 0.717) is 0 Å². The van der Waals surface area contributed by atoms with Gasteiger partial charge >= 0.3 is 0 Å². The molecule has 0 amide bonds. The van der Waals surface area contributed by atoms with Crippen LogP contribution in [0.1, 0.15) is 0 Å². The number of hydrogen-bond donors (Lipinski definition) is 0. The van der Waals surface area contributed by atoms with E-state index in [9.17, 15) is 0 Å². The summed E-state index contributed by atoms with van der Waals surface area (Å²) in [5.41, 5.74) is 13.2. The van der Waals surface area contributed by atoms with Crippen LogP contribution in [0, 0.1) is 0 Å². The highest BCUT2D eigenvalue weighted by molar-refractivity contribution is 7.26. The first kappa shape index (κ1) is 34.0. The number of fused-ring (bicyclic) bond motifs is 6. The molecule has 11 aromatic rings. The molecule has 0 saturated heterocycles. The predicted octanol–water partition coefficient (Wildman–Crippen LogP) is 16.5. The molecule has 10 aromatic carbocycles. The molecule has 1 heterocycles. The first-order chi connectivity index (χ1) is 28.8. The molecule has 0 aliphatic heterocycles. The minimum Gasteiger partial charge on any atom is -0.308 e. The largest absolute Gasteiger partial charge is 0.308 e. The highest BCUT2D eigenvalue weighted by Gasteiger charge is 2.25. The molecule has 1 nitrogen and oxygen atoms in total. The summed E-state index contributed by atoms with van der Waals surface area (Å²) in [5, 5.41) is 7.52. The van der Waals surface area contributed by atoms with Crippen LogP contribution in [-0.2, 0) is 0 Å². The fraction of sp³-hybridized carbons (Fsp3) is 0. The van der Waals surface area contributed by atoms with E-state index in [4.69, 9.17) is 0 Å². The Balaban J connectivity index is 1.11. The highest BCUT2D eigenvalue weighted by atomic mass is 32.1. The molecule has 0 atom stereocenters. The van der Waals surface area contributed by atoms with E-state index in [1.54, 1.807) is 0 Å². The molecule has 0 unspecified atom stereocenters. The number of anilines is 3. The zero-order valence-electron chi connectivity index (χ0n) is 31.7. The summed E-state index contributed by atoms with van der Waals surface area (Å²) in [6.07, 6.45) is 0. The Morgan fingerprint density at radius 2 is 0.759 bits per heavy atom. The number of rotatable bonds is 7. The van der Waals surface area contributed by atoms with Gasteiger partial charge in [0.05, 0.1) is 16.1 Å². The third-order valence-corrected chi connectivity index (χ3v) is 12.7. The summed E-state index contributed by atoms with van der Waals surface area (Å²) in [4.78, 5) is 2.53. The molecule has 1 aromatic heterocycles. The van der Waals surface area contributed by atoms with Crippen molar-refractivity contribution in [1.29, 1.82) is 0 Å². The molecular formula is C56H37NS. The maximum Gasteiger partial charge on any atom is 0.0640 e. The normalized spacial score (nSPS) is 11.4. The number of nitrogens with zero attached hydrogens (tertiary/aromatic N) is 1. The van der Waals surface area contributed by atoms with E-state index in [1.807, 2.05) is 11.3 Å².